The number of hydrogen-bond acceptors (Lipinski definition) is 6. The topological polar surface area (TPSA) is 149 Å². The Kier molecular flexibility index (Phi) is 8.24. The zero-order valence-electron chi connectivity index (χ0n) is 22.5. The Balaban J connectivity index is 1.87. The number of nitrogens with one attached hydrogen (secondary N) is 3. The molecule has 38 heavy (non-hydrogen) atoms. The van der Waals surface area contributed by atoms with E-state index >= 15 is 0 Å². The van der Waals surface area contributed by atoms with E-state index in [0.717, 1.165) is 5.56 Å². The van der Waals surface area contributed by atoms with Crippen molar-refractivity contribution >= 4 is 29.4 Å². The van der Waals surface area contributed by atoms with Crippen LogP contribution >= 0.6 is 0 Å². The number of amides is 2. The van der Waals surface area contributed by atoms with Crippen molar-refractivity contribution in [2.24, 2.45) is 0 Å². The molecule has 1 unspecified atom stereocenters. The molecule has 0 bridgehead atoms. The van der Waals surface area contributed by atoms with Gasteiger partial charge in [-0.05, 0) is 54.7 Å². The highest BCUT2D eigenvalue weighted by Gasteiger charge is 2.30. The number of Topliss-reactive ketones (excluding diaryl/α,β-unsaturated/α-hetero) is 1. The van der Waals surface area contributed by atoms with E-state index in [2.05, 4.69) is 10.6 Å². The van der Waals surface area contributed by atoms with Gasteiger partial charge in [0, 0.05) is 30.3 Å². The molecule has 10 heteroatoms. The molecule has 202 valence electrons. The number of carboxylic acid groups (broad SMARTS) is 1. The van der Waals surface area contributed by atoms with Gasteiger partial charge in [0.05, 0.1) is 18.7 Å². The molecule has 2 aromatic rings. The standard InChI is InChI=1S/C28H34N4O6/c1-7-38-23-11-17-13-32(24(29)19(17)12-20(23)25(34)30-6)14-22(33)16-8-9-18(21(10-16)28(3,4)5)26(35)31-15(2)27(36)37/h8-12,15,29H,7,13-14H2,1-6H3,(H,30,34)(H,31,35)(H,36,37). The minimum atomic E-state index is -1.15. The highest BCUT2D eigenvalue weighted by molar-refractivity contribution is 6.08. The van der Waals surface area contributed by atoms with Crippen LogP contribution in [0.15, 0.2) is 30.3 Å². The van der Waals surface area contributed by atoms with Gasteiger partial charge in [-0.15, -0.1) is 0 Å². The number of fused-ring (bicyclic) bond motifs is 1. The summed E-state index contributed by atoms with van der Waals surface area (Å²) in [4.78, 5) is 51.3. The molecule has 0 spiro atoms. The Morgan fingerprint density at radius 2 is 1.79 bits per heavy atom. The predicted octanol–water partition coefficient (Wildman–Crippen LogP) is 2.97. The Morgan fingerprint density at radius 3 is 2.37 bits per heavy atom. The van der Waals surface area contributed by atoms with Crippen LogP contribution in [0.25, 0.3) is 0 Å². The number of benzene rings is 2. The van der Waals surface area contributed by atoms with Crippen LogP contribution in [0.1, 0.15) is 82.4 Å². The van der Waals surface area contributed by atoms with Crippen LogP contribution in [0.2, 0.25) is 0 Å². The van der Waals surface area contributed by atoms with Crippen LogP contribution in [0.5, 0.6) is 5.75 Å². The summed E-state index contributed by atoms with van der Waals surface area (Å²) in [6, 6.07) is 7.03. The van der Waals surface area contributed by atoms with Gasteiger partial charge in [-0.25, -0.2) is 0 Å². The maximum atomic E-state index is 13.3. The number of carboxylic acids is 1. The summed E-state index contributed by atoms with van der Waals surface area (Å²) in [5.41, 5.74) is 2.46. The average molecular weight is 523 g/mol. The largest absolute Gasteiger partial charge is 0.493 e. The molecule has 0 fully saturated rings. The van der Waals surface area contributed by atoms with Crippen molar-refractivity contribution in [3.05, 3.63) is 63.7 Å². The van der Waals surface area contributed by atoms with Gasteiger partial charge >= 0.3 is 5.97 Å². The molecule has 3 rings (SSSR count). The molecular formula is C28H34N4O6. The smallest absolute Gasteiger partial charge is 0.325 e. The second-order valence-electron chi connectivity index (χ2n) is 10.2. The number of amidine groups is 1. The summed E-state index contributed by atoms with van der Waals surface area (Å²) in [5.74, 6) is -1.68. The van der Waals surface area contributed by atoms with Gasteiger partial charge < -0.3 is 25.4 Å². The van der Waals surface area contributed by atoms with Crippen LogP contribution in [0, 0.1) is 5.41 Å². The van der Waals surface area contributed by atoms with E-state index in [9.17, 15) is 19.2 Å². The molecule has 1 heterocycles. The van der Waals surface area contributed by atoms with Crippen LogP contribution in [0.4, 0.5) is 0 Å². The van der Waals surface area contributed by atoms with Gasteiger partial charge in [-0.1, -0.05) is 26.8 Å². The highest BCUT2D eigenvalue weighted by atomic mass is 16.5. The second-order valence-corrected chi connectivity index (χ2v) is 10.2. The van der Waals surface area contributed by atoms with Crippen molar-refractivity contribution < 1.29 is 29.0 Å². The van der Waals surface area contributed by atoms with Crippen molar-refractivity contribution in [3.8, 4) is 5.75 Å². The minimum Gasteiger partial charge on any atom is -0.493 e. The SMILES string of the molecule is CCOc1cc2c(cc1C(=O)NC)C(=N)N(CC(=O)c1ccc(C(=O)NC(C)C(=O)O)c(C(C)(C)C)c1)C2. The summed E-state index contributed by atoms with van der Waals surface area (Å²) < 4.78 is 5.64. The monoisotopic (exact) mass is 522 g/mol. The van der Waals surface area contributed by atoms with Crippen LogP contribution in [0.3, 0.4) is 0 Å². The van der Waals surface area contributed by atoms with Gasteiger partial charge in [0.1, 0.15) is 17.6 Å². The number of hydrogen-bond donors (Lipinski definition) is 4. The van der Waals surface area contributed by atoms with Crippen molar-refractivity contribution in [1.29, 1.82) is 5.41 Å². The Bertz CT molecular complexity index is 1310. The first-order valence-corrected chi connectivity index (χ1v) is 12.4. The molecule has 1 atom stereocenters. The molecular weight excluding hydrogens is 488 g/mol. The van der Waals surface area contributed by atoms with Crippen LogP contribution < -0.4 is 15.4 Å². The van der Waals surface area contributed by atoms with E-state index in [4.69, 9.17) is 15.3 Å². The predicted molar refractivity (Wildman–Crippen MR) is 142 cm³/mol. The normalized spacial score (nSPS) is 13.5. The lowest BCUT2D eigenvalue weighted by molar-refractivity contribution is -0.138. The molecule has 2 aromatic carbocycles. The lowest BCUT2D eigenvalue weighted by atomic mass is 9.82. The van der Waals surface area contributed by atoms with Crippen molar-refractivity contribution in [1.82, 2.24) is 15.5 Å². The van der Waals surface area contributed by atoms with Crippen LogP contribution in [-0.2, 0) is 16.8 Å². The zero-order valence-corrected chi connectivity index (χ0v) is 22.5. The van der Waals surface area contributed by atoms with E-state index in [1.165, 1.54) is 20.0 Å². The molecule has 0 radical (unpaired) electrons. The lowest BCUT2D eigenvalue weighted by Gasteiger charge is -2.24. The van der Waals surface area contributed by atoms with Crippen molar-refractivity contribution in [2.75, 3.05) is 20.2 Å². The molecule has 2 amide bonds. The van der Waals surface area contributed by atoms with Gasteiger partial charge in [-0.2, -0.15) is 0 Å². The second kappa shape index (κ2) is 11.0. The summed E-state index contributed by atoms with van der Waals surface area (Å²) in [5, 5.41) is 22.8. The molecule has 10 nitrogen and oxygen atoms in total. The van der Waals surface area contributed by atoms with Crippen molar-refractivity contribution in [2.45, 2.75) is 52.6 Å². The van der Waals surface area contributed by atoms with Crippen molar-refractivity contribution in [3.63, 3.8) is 0 Å². The first-order chi connectivity index (χ1) is 17.8. The molecule has 4 N–H and O–H groups in total. The Morgan fingerprint density at radius 1 is 1.11 bits per heavy atom. The number of carbonyl (C=O) groups is 4. The number of aliphatic carboxylic acids is 1. The van der Waals surface area contributed by atoms with E-state index in [0.29, 0.717) is 46.7 Å². The number of ether oxygens (including phenoxy) is 1. The maximum Gasteiger partial charge on any atom is 0.325 e. The van der Waals surface area contributed by atoms with Gasteiger partial charge in [-0.3, -0.25) is 24.6 Å². The maximum absolute atomic E-state index is 13.3. The van der Waals surface area contributed by atoms with Gasteiger partial charge in [0.2, 0.25) is 0 Å². The molecule has 0 aliphatic carbocycles. The zero-order chi connectivity index (χ0) is 28.4. The summed E-state index contributed by atoms with van der Waals surface area (Å²) >= 11 is 0. The molecule has 0 aromatic heterocycles. The summed E-state index contributed by atoms with van der Waals surface area (Å²) in [6.07, 6.45) is 0. The fourth-order valence-electron chi connectivity index (χ4n) is 4.29. The Labute approximate surface area is 221 Å². The quantitative estimate of drug-likeness (QED) is 0.370. The van der Waals surface area contributed by atoms with E-state index in [1.807, 2.05) is 27.7 Å². The van der Waals surface area contributed by atoms with E-state index < -0.39 is 23.3 Å². The number of nitrogens with zero attached hydrogens (tertiary/aromatic N) is 1. The lowest BCUT2D eigenvalue weighted by Crippen LogP contribution is -2.39. The molecule has 0 saturated carbocycles. The third-order valence-corrected chi connectivity index (χ3v) is 6.36. The summed E-state index contributed by atoms with van der Waals surface area (Å²) in [6.45, 7) is 9.53. The highest BCUT2D eigenvalue weighted by Crippen LogP contribution is 2.31. The van der Waals surface area contributed by atoms with E-state index in [1.54, 1.807) is 29.2 Å². The summed E-state index contributed by atoms with van der Waals surface area (Å²) in [7, 11) is 1.52. The van der Waals surface area contributed by atoms with Gasteiger partial charge in [0.25, 0.3) is 11.8 Å². The minimum absolute atomic E-state index is 0.0715. The molecule has 1 aliphatic heterocycles. The van der Waals surface area contributed by atoms with Gasteiger partial charge in [0.15, 0.2) is 5.78 Å². The molecule has 1 aliphatic rings. The Hall–Kier alpha value is -4.21. The fourth-order valence-corrected chi connectivity index (χ4v) is 4.29. The third-order valence-electron chi connectivity index (χ3n) is 6.36. The number of ketones is 1. The van der Waals surface area contributed by atoms with E-state index in [-0.39, 0.29) is 24.1 Å². The average Bonchev–Trinajstić information content (AvgIpc) is 3.15. The third kappa shape index (κ3) is 5.85. The number of rotatable bonds is 9. The number of carbonyl (C=O) groups excluding carboxylic acids is 3. The first-order valence-electron chi connectivity index (χ1n) is 12.4. The van der Waals surface area contributed by atoms with Crippen LogP contribution in [-0.4, -0.2) is 65.7 Å². The first kappa shape index (κ1) is 28.4. The fraction of sp³-hybridized carbons (Fsp3) is 0.393. The molecule has 0 saturated heterocycles.